The summed E-state index contributed by atoms with van der Waals surface area (Å²) in [6.07, 6.45) is 1.13. The van der Waals surface area contributed by atoms with E-state index in [1.807, 2.05) is 0 Å². The van der Waals surface area contributed by atoms with Gasteiger partial charge in [-0.3, -0.25) is 4.79 Å². The maximum Gasteiger partial charge on any atom is 0.185 e. The highest BCUT2D eigenvalue weighted by Crippen LogP contribution is 2.17. The predicted octanol–water partition coefficient (Wildman–Crippen LogP) is 1.30. The van der Waals surface area contributed by atoms with Crippen LogP contribution in [0.4, 0.5) is 0 Å². The van der Waals surface area contributed by atoms with Crippen molar-refractivity contribution in [2.75, 3.05) is 19.0 Å². The Morgan fingerprint density at radius 3 is 3.10 bits per heavy atom. The Morgan fingerprint density at radius 1 is 1.80 bits per heavy atom. The quantitative estimate of drug-likeness (QED) is 0.609. The Labute approximate surface area is 65.3 Å². The maximum atomic E-state index is 10.5. The predicted molar refractivity (Wildman–Crippen MR) is 42.1 cm³/mol. The minimum Gasteiger partial charge on any atom is -0.381 e. The lowest BCUT2D eigenvalue weighted by atomic mass is 10.2. The molecule has 0 aromatic carbocycles. The molecule has 0 unspecified atom stereocenters. The Hall–Kier alpha value is -0.0200. The molecule has 0 N–H and O–H groups in total. The van der Waals surface area contributed by atoms with Crippen molar-refractivity contribution in [3.63, 3.8) is 0 Å². The van der Waals surface area contributed by atoms with E-state index in [0.29, 0.717) is 5.92 Å². The normalized spacial score (nSPS) is 25.1. The summed E-state index contributed by atoms with van der Waals surface area (Å²) in [6.45, 7) is 3.34. The Bertz CT molecular complexity index is 119. The van der Waals surface area contributed by atoms with Crippen molar-refractivity contribution in [1.29, 1.82) is 0 Å². The molecule has 0 bridgehead atoms. The Morgan fingerprint density at radius 2 is 2.60 bits per heavy atom. The lowest BCUT2D eigenvalue weighted by molar-refractivity contribution is -0.109. The third kappa shape index (κ3) is 2.71. The zero-order valence-electron chi connectivity index (χ0n) is 6.13. The zero-order valence-corrected chi connectivity index (χ0v) is 6.95. The number of carbonyl (C=O) groups excluding carboxylic acids is 1. The highest BCUT2D eigenvalue weighted by Gasteiger charge is 2.15. The first-order chi connectivity index (χ1) is 4.79. The monoisotopic (exact) mass is 160 g/mol. The maximum absolute atomic E-state index is 10.5. The van der Waals surface area contributed by atoms with Crippen molar-refractivity contribution in [2.24, 2.45) is 5.92 Å². The summed E-state index contributed by atoms with van der Waals surface area (Å²) in [5.41, 5.74) is 0. The van der Waals surface area contributed by atoms with Crippen LogP contribution in [0.15, 0.2) is 0 Å². The molecule has 1 fully saturated rings. The van der Waals surface area contributed by atoms with Crippen LogP contribution >= 0.6 is 11.8 Å². The molecule has 1 aliphatic heterocycles. The van der Waals surface area contributed by atoms with E-state index in [1.54, 1.807) is 6.92 Å². The SMILES string of the molecule is CC(=O)SC[C@@H]1CCOC1. The van der Waals surface area contributed by atoms with Crippen LogP contribution in [-0.4, -0.2) is 24.1 Å². The largest absolute Gasteiger partial charge is 0.381 e. The van der Waals surface area contributed by atoms with E-state index >= 15 is 0 Å². The average Bonchev–Trinajstić information content (AvgIpc) is 2.34. The molecule has 1 saturated heterocycles. The third-order valence-electron chi connectivity index (χ3n) is 1.55. The van der Waals surface area contributed by atoms with Gasteiger partial charge in [0.05, 0.1) is 6.61 Å². The second-order valence-corrected chi connectivity index (χ2v) is 3.73. The van der Waals surface area contributed by atoms with Crippen molar-refractivity contribution in [3.05, 3.63) is 0 Å². The van der Waals surface area contributed by atoms with Gasteiger partial charge in [0.25, 0.3) is 0 Å². The second kappa shape index (κ2) is 3.98. The fourth-order valence-corrected chi connectivity index (χ4v) is 1.68. The van der Waals surface area contributed by atoms with Gasteiger partial charge in [-0.1, -0.05) is 11.8 Å². The topological polar surface area (TPSA) is 26.3 Å². The highest BCUT2D eigenvalue weighted by molar-refractivity contribution is 8.13. The Balaban J connectivity index is 2.07. The van der Waals surface area contributed by atoms with E-state index in [9.17, 15) is 4.79 Å². The molecule has 1 heterocycles. The molecule has 58 valence electrons. The average molecular weight is 160 g/mol. The molecule has 2 nitrogen and oxygen atoms in total. The first-order valence-corrected chi connectivity index (χ1v) is 4.48. The standard InChI is InChI=1S/C7H12O2S/c1-6(8)10-5-7-2-3-9-4-7/h7H,2-5H2,1H3/t7-/m1/s1. The van der Waals surface area contributed by atoms with E-state index in [2.05, 4.69) is 0 Å². The van der Waals surface area contributed by atoms with Gasteiger partial charge < -0.3 is 4.74 Å². The van der Waals surface area contributed by atoms with Gasteiger partial charge in [-0.15, -0.1) is 0 Å². The number of thioether (sulfide) groups is 1. The third-order valence-corrected chi connectivity index (χ3v) is 2.59. The van der Waals surface area contributed by atoms with Gasteiger partial charge >= 0.3 is 0 Å². The van der Waals surface area contributed by atoms with Crippen molar-refractivity contribution < 1.29 is 9.53 Å². The van der Waals surface area contributed by atoms with Crippen LogP contribution in [0.3, 0.4) is 0 Å². The number of hydrogen-bond acceptors (Lipinski definition) is 3. The first kappa shape index (κ1) is 8.08. The first-order valence-electron chi connectivity index (χ1n) is 3.50. The molecule has 10 heavy (non-hydrogen) atoms. The highest BCUT2D eigenvalue weighted by atomic mass is 32.2. The van der Waals surface area contributed by atoms with Gasteiger partial charge in [-0.05, 0) is 12.3 Å². The number of hydrogen-bond donors (Lipinski definition) is 0. The molecule has 1 atom stereocenters. The Kier molecular flexibility index (Phi) is 3.22. The smallest absolute Gasteiger partial charge is 0.185 e. The molecule has 1 rings (SSSR count). The summed E-state index contributed by atoms with van der Waals surface area (Å²) in [5, 5.41) is 0.215. The molecule has 0 radical (unpaired) electrons. The van der Waals surface area contributed by atoms with Crippen LogP contribution < -0.4 is 0 Å². The van der Waals surface area contributed by atoms with Crippen LogP contribution in [0.2, 0.25) is 0 Å². The molecule has 0 spiro atoms. The van der Waals surface area contributed by atoms with Crippen LogP contribution in [0, 0.1) is 5.92 Å². The van der Waals surface area contributed by atoms with E-state index in [0.717, 1.165) is 25.4 Å². The molecule has 1 aliphatic rings. The molecule has 0 amide bonds. The van der Waals surface area contributed by atoms with Gasteiger partial charge in [0.15, 0.2) is 5.12 Å². The summed E-state index contributed by atoms with van der Waals surface area (Å²) >= 11 is 1.41. The van der Waals surface area contributed by atoms with E-state index in [1.165, 1.54) is 11.8 Å². The summed E-state index contributed by atoms with van der Waals surface area (Å²) in [7, 11) is 0. The minimum atomic E-state index is 0.215. The summed E-state index contributed by atoms with van der Waals surface area (Å²) < 4.78 is 5.16. The van der Waals surface area contributed by atoms with Crippen molar-refractivity contribution in [2.45, 2.75) is 13.3 Å². The minimum absolute atomic E-state index is 0.215. The van der Waals surface area contributed by atoms with Crippen LogP contribution in [0.5, 0.6) is 0 Å². The summed E-state index contributed by atoms with van der Waals surface area (Å²) in [4.78, 5) is 10.5. The molecular weight excluding hydrogens is 148 g/mol. The van der Waals surface area contributed by atoms with Crippen LogP contribution in [0.1, 0.15) is 13.3 Å². The number of carbonyl (C=O) groups is 1. The van der Waals surface area contributed by atoms with Gasteiger partial charge in [0.2, 0.25) is 0 Å². The van der Waals surface area contributed by atoms with Crippen molar-refractivity contribution in [1.82, 2.24) is 0 Å². The lowest BCUT2D eigenvalue weighted by Crippen LogP contribution is -2.03. The van der Waals surface area contributed by atoms with E-state index < -0.39 is 0 Å². The molecule has 3 heteroatoms. The van der Waals surface area contributed by atoms with Gasteiger partial charge in [-0.25, -0.2) is 0 Å². The fraction of sp³-hybridized carbons (Fsp3) is 0.857. The number of ether oxygens (including phenoxy) is 1. The van der Waals surface area contributed by atoms with Gasteiger partial charge in [0.1, 0.15) is 0 Å². The molecule has 0 aromatic heterocycles. The van der Waals surface area contributed by atoms with Crippen molar-refractivity contribution >= 4 is 16.9 Å². The lowest BCUT2D eigenvalue weighted by Gasteiger charge is -2.02. The van der Waals surface area contributed by atoms with Gasteiger partial charge in [-0.2, -0.15) is 0 Å². The molecular formula is C7H12O2S. The molecule has 0 saturated carbocycles. The summed E-state index contributed by atoms with van der Waals surface area (Å²) in [6, 6.07) is 0. The van der Waals surface area contributed by atoms with Crippen LogP contribution in [-0.2, 0) is 9.53 Å². The van der Waals surface area contributed by atoms with Crippen molar-refractivity contribution in [3.8, 4) is 0 Å². The molecule has 0 aliphatic carbocycles. The number of rotatable bonds is 2. The summed E-state index contributed by atoms with van der Waals surface area (Å²) in [5.74, 6) is 1.56. The van der Waals surface area contributed by atoms with E-state index in [4.69, 9.17) is 4.74 Å². The fourth-order valence-electron chi connectivity index (χ4n) is 0.950. The zero-order chi connectivity index (χ0) is 7.40. The molecule has 0 aromatic rings. The van der Waals surface area contributed by atoms with Gasteiger partial charge in [0, 0.05) is 19.3 Å². The van der Waals surface area contributed by atoms with Crippen LogP contribution in [0.25, 0.3) is 0 Å². The van der Waals surface area contributed by atoms with E-state index in [-0.39, 0.29) is 5.12 Å². The second-order valence-electron chi connectivity index (χ2n) is 2.53.